The molecule has 2 rings (SSSR count). The standard InChI is InChI=1S/C12H20N4OS/c1-3-14-11-15-6-9(18-11)7-16-5-4-12(2,8-16)10(13)17/h6H,3-5,7-8H2,1-2H3,(H2,13,17)(H,14,15). The molecule has 1 aliphatic heterocycles. The van der Waals surface area contributed by atoms with E-state index >= 15 is 0 Å². The maximum Gasteiger partial charge on any atom is 0.224 e. The molecule has 1 amide bonds. The first kappa shape index (κ1) is 13.3. The molecule has 5 nitrogen and oxygen atoms in total. The van der Waals surface area contributed by atoms with Gasteiger partial charge in [0, 0.05) is 30.7 Å². The zero-order chi connectivity index (χ0) is 13.2. The molecule has 0 saturated carbocycles. The molecule has 1 unspecified atom stereocenters. The normalized spacial score (nSPS) is 24.3. The van der Waals surface area contributed by atoms with Crippen molar-refractivity contribution in [1.82, 2.24) is 9.88 Å². The Morgan fingerprint density at radius 2 is 2.50 bits per heavy atom. The smallest absolute Gasteiger partial charge is 0.224 e. The van der Waals surface area contributed by atoms with Crippen LogP contribution in [0.1, 0.15) is 25.1 Å². The molecule has 1 aliphatic rings. The number of nitrogens with two attached hydrogens (primary N) is 1. The van der Waals surface area contributed by atoms with Crippen LogP contribution in [0.2, 0.25) is 0 Å². The number of carbonyl (C=O) groups is 1. The molecule has 0 aliphatic carbocycles. The van der Waals surface area contributed by atoms with Gasteiger partial charge in [-0.3, -0.25) is 9.69 Å². The van der Waals surface area contributed by atoms with E-state index in [1.54, 1.807) is 11.3 Å². The fourth-order valence-corrected chi connectivity index (χ4v) is 3.15. The van der Waals surface area contributed by atoms with Crippen molar-refractivity contribution in [2.45, 2.75) is 26.8 Å². The van der Waals surface area contributed by atoms with Crippen molar-refractivity contribution in [3.05, 3.63) is 11.1 Å². The van der Waals surface area contributed by atoms with Crippen molar-refractivity contribution in [2.75, 3.05) is 25.0 Å². The molecule has 1 fully saturated rings. The largest absolute Gasteiger partial charge is 0.369 e. The fraction of sp³-hybridized carbons (Fsp3) is 0.667. The highest BCUT2D eigenvalue weighted by atomic mass is 32.1. The summed E-state index contributed by atoms with van der Waals surface area (Å²) in [5.41, 5.74) is 5.08. The van der Waals surface area contributed by atoms with Gasteiger partial charge >= 0.3 is 0 Å². The Kier molecular flexibility index (Phi) is 3.87. The third kappa shape index (κ3) is 2.81. The second-order valence-electron chi connectivity index (χ2n) is 5.05. The molecule has 2 heterocycles. The van der Waals surface area contributed by atoms with E-state index in [1.165, 1.54) is 4.88 Å². The molecule has 18 heavy (non-hydrogen) atoms. The average Bonchev–Trinajstić information content (AvgIpc) is 2.88. The van der Waals surface area contributed by atoms with E-state index in [2.05, 4.69) is 22.1 Å². The number of anilines is 1. The lowest BCUT2D eigenvalue weighted by Gasteiger charge is -2.20. The molecule has 100 valence electrons. The van der Waals surface area contributed by atoms with E-state index in [1.807, 2.05) is 13.1 Å². The minimum Gasteiger partial charge on any atom is -0.369 e. The topological polar surface area (TPSA) is 71.2 Å². The number of nitrogens with one attached hydrogen (secondary N) is 1. The van der Waals surface area contributed by atoms with Crippen molar-refractivity contribution in [3.63, 3.8) is 0 Å². The van der Waals surface area contributed by atoms with Crippen molar-refractivity contribution < 1.29 is 4.79 Å². The summed E-state index contributed by atoms with van der Waals surface area (Å²) in [5, 5.41) is 4.16. The highest BCUT2D eigenvalue weighted by Crippen LogP contribution is 2.31. The SMILES string of the molecule is CCNc1ncc(CN2CCC(C)(C(N)=O)C2)s1. The van der Waals surface area contributed by atoms with Crippen molar-refractivity contribution >= 4 is 22.4 Å². The number of thiazole rings is 1. The number of rotatable bonds is 5. The van der Waals surface area contributed by atoms with E-state index in [0.29, 0.717) is 0 Å². The quantitative estimate of drug-likeness (QED) is 0.843. The Balaban J connectivity index is 1.93. The number of aromatic nitrogens is 1. The van der Waals surface area contributed by atoms with Crippen LogP contribution >= 0.6 is 11.3 Å². The predicted octanol–water partition coefficient (Wildman–Crippen LogP) is 1.27. The van der Waals surface area contributed by atoms with Gasteiger partial charge in [-0.25, -0.2) is 4.98 Å². The van der Waals surface area contributed by atoms with Crippen LogP contribution in [-0.2, 0) is 11.3 Å². The summed E-state index contributed by atoms with van der Waals surface area (Å²) < 4.78 is 0. The van der Waals surface area contributed by atoms with Crippen LogP contribution in [-0.4, -0.2) is 35.4 Å². The lowest BCUT2D eigenvalue weighted by Crippen LogP contribution is -2.36. The third-order valence-corrected chi connectivity index (χ3v) is 4.35. The van der Waals surface area contributed by atoms with E-state index in [0.717, 1.165) is 37.7 Å². The minimum absolute atomic E-state index is 0.192. The lowest BCUT2D eigenvalue weighted by molar-refractivity contribution is -0.126. The number of carbonyl (C=O) groups excluding carboxylic acids is 1. The fourth-order valence-electron chi connectivity index (χ4n) is 2.23. The van der Waals surface area contributed by atoms with E-state index in [4.69, 9.17) is 5.73 Å². The van der Waals surface area contributed by atoms with Gasteiger partial charge < -0.3 is 11.1 Å². The van der Waals surface area contributed by atoms with Crippen LogP contribution in [0.25, 0.3) is 0 Å². The van der Waals surface area contributed by atoms with Crippen molar-refractivity contribution in [1.29, 1.82) is 0 Å². The zero-order valence-corrected chi connectivity index (χ0v) is 11.7. The number of amides is 1. The van der Waals surface area contributed by atoms with Crippen LogP contribution < -0.4 is 11.1 Å². The van der Waals surface area contributed by atoms with Gasteiger partial charge in [0.1, 0.15) is 0 Å². The summed E-state index contributed by atoms with van der Waals surface area (Å²) in [5.74, 6) is -0.192. The van der Waals surface area contributed by atoms with Crippen molar-refractivity contribution in [3.8, 4) is 0 Å². The van der Waals surface area contributed by atoms with Crippen LogP contribution in [0.3, 0.4) is 0 Å². The number of hydrogen-bond acceptors (Lipinski definition) is 5. The Labute approximate surface area is 111 Å². The van der Waals surface area contributed by atoms with Crippen LogP contribution in [0.4, 0.5) is 5.13 Å². The highest BCUT2D eigenvalue weighted by Gasteiger charge is 2.38. The summed E-state index contributed by atoms with van der Waals surface area (Å²) in [6, 6.07) is 0. The van der Waals surface area contributed by atoms with Gasteiger partial charge in [-0.2, -0.15) is 0 Å². The monoisotopic (exact) mass is 268 g/mol. The summed E-state index contributed by atoms with van der Waals surface area (Å²) in [4.78, 5) is 19.2. The Hall–Kier alpha value is -1.14. The molecule has 1 aromatic rings. The molecule has 0 bridgehead atoms. The second-order valence-corrected chi connectivity index (χ2v) is 6.16. The summed E-state index contributed by atoms with van der Waals surface area (Å²) in [6.45, 7) is 7.42. The second kappa shape index (κ2) is 5.24. The van der Waals surface area contributed by atoms with Gasteiger partial charge in [0.15, 0.2) is 5.13 Å². The molecule has 0 radical (unpaired) electrons. The Bertz CT molecular complexity index is 433. The average molecular weight is 268 g/mol. The van der Waals surface area contributed by atoms with Crippen LogP contribution in [0.15, 0.2) is 6.20 Å². The minimum atomic E-state index is -0.366. The molecule has 0 spiro atoms. The summed E-state index contributed by atoms with van der Waals surface area (Å²) in [7, 11) is 0. The highest BCUT2D eigenvalue weighted by molar-refractivity contribution is 7.15. The molecule has 6 heteroatoms. The third-order valence-electron chi connectivity index (χ3n) is 3.41. The first-order chi connectivity index (χ1) is 8.53. The van der Waals surface area contributed by atoms with E-state index in [9.17, 15) is 4.79 Å². The van der Waals surface area contributed by atoms with Gasteiger partial charge in [-0.15, -0.1) is 11.3 Å². The van der Waals surface area contributed by atoms with E-state index < -0.39 is 0 Å². The maximum absolute atomic E-state index is 11.4. The van der Waals surface area contributed by atoms with Gasteiger partial charge in [-0.05, 0) is 26.8 Å². The van der Waals surface area contributed by atoms with Crippen LogP contribution in [0.5, 0.6) is 0 Å². The van der Waals surface area contributed by atoms with Crippen LogP contribution in [0, 0.1) is 5.41 Å². The number of primary amides is 1. The molecule has 0 aromatic carbocycles. The molecular formula is C12H20N4OS. The van der Waals surface area contributed by atoms with Gasteiger partial charge in [0.2, 0.25) is 5.91 Å². The predicted molar refractivity (Wildman–Crippen MR) is 73.5 cm³/mol. The molecule has 1 saturated heterocycles. The van der Waals surface area contributed by atoms with Gasteiger partial charge in [0.05, 0.1) is 5.41 Å². The first-order valence-corrected chi connectivity index (χ1v) is 7.06. The lowest BCUT2D eigenvalue weighted by atomic mass is 9.89. The van der Waals surface area contributed by atoms with Gasteiger partial charge in [0.25, 0.3) is 0 Å². The summed E-state index contributed by atoms with van der Waals surface area (Å²) in [6.07, 6.45) is 2.75. The number of likely N-dealkylation sites (tertiary alicyclic amines) is 1. The maximum atomic E-state index is 11.4. The number of nitrogens with zero attached hydrogens (tertiary/aromatic N) is 2. The molecule has 1 aromatic heterocycles. The number of hydrogen-bond donors (Lipinski definition) is 2. The van der Waals surface area contributed by atoms with Gasteiger partial charge in [-0.1, -0.05) is 0 Å². The summed E-state index contributed by atoms with van der Waals surface area (Å²) >= 11 is 1.67. The molecule has 1 atom stereocenters. The molecular weight excluding hydrogens is 248 g/mol. The first-order valence-electron chi connectivity index (χ1n) is 6.24. The Morgan fingerprint density at radius 1 is 1.72 bits per heavy atom. The van der Waals surface area contributed by atoms with Crippen molar-refractivity contribution in [2.24, 2.45) is 11.1 Å². The molecule has 3 N–H and O–H groups in total. The van der Waals surface area contributed by atoms with E-state index in [-0.39, 0.29) is 11.3 Å². The zero-order valence-electron chi connectivity index (χ0n) is 10.9. The Morgan fingerprint density at radius 3 is 3.11 bits per heavy atom.